The predicted octanol–water partition coefficient (Wildman–Crippen LogP) is 5.95. The molecule has 0 fully saturated rings. The Balaban J connectivity index is 0.00000225. The van der Waals surface area contributed by atoms with Crippen LogP contribution in [0.2, 0.25) is 0 Å². The molecule has 1 heterocycles. The van der Waals surface area contributed by atoms with Crippen LogP contribution in [0.4, 0.5) is 4.39 Å². The normalized spacial score (nSPS) is 14.7. The Hall–Kier alpha value is -1.29. The van der Waals surface area contributed by atoms with Gasteiger partial charge in [-0.3, -0.25) is 4.90 Å². The van der Waals surface area contributed by atoms with Crippen molar-refractivity contribution in [1.29, 1.82) is 0 Å². The van der Waals surface area contributed by atoms with Gasteiger partial charge in [0.25, 0.3) is 0 Å². The molecule has 0 unspecified atom stereocenters. The number of benzene rings is 2. The summed E-state index contributed by atoms with van der Waals surface area (Å²) < 4.78 is 12.9. The molecule has 0 saturated heterocycles. The number of nitrogens with zero attached hydrogens (tertiary/aromatic N) is 1. The lowest BCUT2D eigenvalue weighted by Gasteiger charge is -2.26. The minimum absolute atomic E-state index is 0. The third kappa shape index (κ3) is 6.85. The van der Waals surface area contributed by atoms with Gasteiger partial charge in [-0.15, -0.1) is 12.4 Å². The molecule has 0 atom stereocenters. The first-order chi connectivity index (χ1) is 11.8. The molecule has 25 heavy (non-hydrogen) atoms. The van der Waals surface area contributed by atoms with Crippen LogP contribution in [0.1, 0.15) is 24.8 Å². The lowest BCUT2D eigenvalue weighted by molar-refractivity contribution is 0.291. The second-order valence-electron chi connectivity index (χ2n) is 6.22. The highest BCUT2D eigenvalue weighted by molar-refractivity contribution is 8.03. The van der Waals surface area contributed by atoms with Crippen molar-refractivity contribution in [3.05, 3.63) is 77.0 Å². The molecule has 1 aliphatic rings. The first-order valence-corrected chi connectivity index (χ1v) is 9.50. The van der Waals surface area contributed by atoms with Crippen molar-refractivity contribution in [3.63, 3.8) is 0 Å². The molecule has 1 nitrogen and oxygen atoms in total. The Labute approximate surface area is 160 Å². The number of hydrogen-bond donors (Lipinski definition) is 0. The number of hydrogen-bond acceptors (Lipinski definition) is 2. The minimum atomic E-state index is -0.150. The summed E-state index contributed by atoms with van der Waals surface area (Å²) in [5, 5.41) is 0. The van der Waals surface area contributed by atoms with E-state index < -0.39 is 0 Å². The summed E-state index contributed by atoms with van der Waals surface area (Å²) in [5.74, 6) is -0.150. The molecule has 0 amide bonds. The van der Waals surface area contributed by atoms with Gasteiger partial charge in [0.1, 0.15) is 5.82 Å². The molecule has 0 spiro atoms. The molecule has 0 saturated carbocycles. The number of halogens is 2. The Morgan fingerprint density at radius 3 is 2.40 bits per heavy atom. The van der Waals surface area contributed by atoms with Crippen molar-refractivity contribution in [2.24, 2.45) is 0 Å². The zero-order chi connectivity index (χ0) is 16.6. The van der Waals surface area contributed by atoms with Crippen molar-refractivity contribution in [3.8, 4) is 0 Å². The molecule has 0 aromatic heterocycles. The highest BCUT2D eigenvalue weighted by Crippen LogP contribution is 2.30. The van der Waals surface area contributed by atoms with Crippen LogP contribution in [0.5, 0.6) is 0 Å². The molecular formula is C21H25ClFNS. The first-order valence-electron chi connectivity index (χ1n) is 8.68. The van der Waals surface area contributed by atoms with Crippen LogP contribution in [0, 0.1) is 5.82 Å². The molecular weight excluding hydrogens is 353 g/mol. The fraction of sp³-hybridized carbons (Fsp3) is 0.333. The lowest BCUT2D eigenvalue weighted by atomic mass is 10.1. The molecule has 0 N–H and O–H groups in total. The van der Waals surface area contributed by atoms with E-state index in [2.05, 4.69) is 41.3 Å². The van der Waals surface area contributed by atoms with Crippen LogP contribution in [0.25, 0.3) is 0 Å². The summed E-state index contributed by atoms with van der Waals surface area (Å²) in [7, 11) is 0. The summed E-state index contributed by atoms with van der Waals surface area (Å²) >= 11 is 1.90. The quantitative estimate of drug-likeness (QED) is 0.548. The molecule has 134 valence electrons. The van der Waals surface area contributed by atoms with E-state index in [-0.39, 0.29) is 18.2 Å². The van der Waals surface area contributed by atoms with E-state index in [0.29, 0.717) is 0 Å². The molecule has 2 aromatic carbocycles. The van der Waals surface area contributed by atoms with E-state index >= 15 is 0 Å². The molecule has 1 aliphatic heterocycles. The van der Waals surface area contributed by atoms with Gasteiger partial charge in [0.05, 0.1) is 0 Å². The maximum atomic E-state index is 12.9. The van der Waals surface area contributed by atoms with Crippen LogP contribution in [0.3, 0.4) is 0 Å². The topological polar surface area (TPSA) is 3.24 Å². The van der Waals surface area contributed by atoms with Crippen molar-refractivity contribution >= 4 is 24.2 Å². The number of aryl methyl sites for hydroxylation is 1. The van der Waals surface area contributed by atoms with Crippen molar-refractivity contribution in [2.45, 2.75) is 30.6 Å². The van der Waals surface area contributed by atoms with Crippen molar-refractivity contribution < 1.29 is 4.39 Å². The van der Waals surface area contributed by atoms with E-state index in [0.717, 1.165) is 38.9 Å². The maximum Gasteiger partial charge on any atom is 0.123 e. The Morgan fingerprint density at radius 2 is 1.72 bits per heavy atom. The third-order valence-corrected chi connectivity index (χ3v) is 5.49. The fourth-order valence-electron chi connectivity index (χ4n) is 2.94. The van der Waals surface area contributed by atoms with Gasteiger partial charge in [0.2, 0.25) is 0 Å². The van der Waals surface area contributed by atoms with E-state index in [1.807, 2.05) is 23.9 Å². The average Bonchev–Trinajstić information content (AvgIpc) is 2.62. The van der Waals surface area contributed by atoms with E-state index in [1.165, 1.54) is 21.8 Å². The van der Waals surface area contributed by atoms with Gasteiger partial charge in [-0.1, -0.05) is 48.2 Å². The second kappa shape index (κ2) is 10.6. The molecule has 4 heteroatoms. The zero-order valence-corrected chi connectivity index (χ0v) is 16.0. The van der Waals surface area contributed by atoms with E-state index in [9.17, 15) is 4.39 Å². The Morgan fingerprint density at radius 1 is 0.960 bits per heavy atom. The molecule has 3 rings (SSSR count). The Bertz CT molecular complexity index is 657. The monoisotopic (exact) mass is 377 g/mol. The zero-order valence-electron chi connectivity index (χ0n) is 14.4. The molecule has 0 radical (unpaired) electrons. The van der Waals surface area contributed by atoms with Gasteiger partial charge in [-0.25, -0.2) is 4.39 Å². The smallest absolute Gasteiger partial charge is 0.123 e. The van der Waals surface area contributed by atoms with Gasteiger partial charge < -0.3 is 0 Å². The van der Waals surface area contributed by atoms with Gasteiger partial charge in [-0.2, -0.15) is 0 Å². The summed E-state index contributed by atoms with van der Waals surface area (Å²) in [6, 6.07) is 17.5. The third-order valence-electron chi connectivity index (χ3n) is 4.35. The highest BCUT2D eigenvalue weighted by Gasteiger charge is 2.12. The second-order valence-corrected chi connectivity index (χ2v) is 7.42. The van der Waals surface area contributed by atoms with Crippen molar-refractivity contribution in [1.82, 2.24) is 4.90 Å². The van der Waals surface area contributed by atoms with E-state index in [4.69, 9.17) is 0 Å². The van der Waals surface area contributed by atoms with Gasteiger partial charge in [-0.05, 0) is 67.0 Å². The fourth-order valence-corrected chi connectivity index (χ4v) is 3.89. The largest absolute Gasteiger partial charge is 0.299 e. The number of thioether (sulfide) groups is 1. The van der Waals surface area contributed by atoms with Crippen LogP contribution in [-0.2, 0) is 6.42 Å². The van der Waals surface area contributed by atoms with E-state index in [1.54, 1.807) is 12.1 Å². The summed E-state index contributed by atoms with van der Waals surface area (Å²) in [6.07, 6.45) is 6.93. The average molecular weight is 378 g/mol. The minimum Gasteiger partial charge on any atom is -0.299 e. The Kier molecular flexibility index (Phi) is 8.53. The lowest BCUT2D eigenvalue weighted by Crippen LogP contribution is -2.29. The van der Waals surface area contributed by atoms with Crippen LogP contribution in [-0.4, -0.2) is 24.5 Å². The number of rotatable bonds is 7. The predicted molar refractivity (Wildman–Crippen MR) is 108 cm³/mol. The van der Waals surface area contributed by atoms with Crippen LogP contribution >= 0.6 is 24.2 Å². The van der Waals surface area contributed by atoms with Gasteiger partial charge in [0.15, 0.2) is 0 Å². The summed E-state index contributed by atoms with van der Waals surface area (Å²) in [6.45, 7) is 3.37. The van der Waals surface area contributed by atoms with Crippen LogP contribution in [0.15, 0.2) is 70.5 Å². The molecule has 0 bridgehead atoms. The number of unbranched alkanes of at least 4 members (excludes halogenated alkanes) is 1. The standard InChI is InChI=1S/C21H24FNS.ClH/c22-19-11-9-18(10-12-19)6-4-5-15-23-16-13-21(14-17-23)24-20-7-2-1-3-8-20;/h1-3,7-13H,4-6,14-17H2;1H. The first kappa shape index (κ1) is 20.0. The maximum absolute atomic E-state index is 12.9. The summed E-state index contributed by atoms with van der Waals surface area (Å²) in [5.41, 5.74) is 1.23. The van der Waals surface area contributed by atoms with Crippen molar-refractivity contribution in [2.75, 3.05) is 19.6 Å². The molecule has 2 aromatic rings. The van der Waals surface area contributed by atoms with Crippen LogP contribution < -0.4 is 0 Å². The van der Waals surface area contributed by atoms with Gasteiger partial charge in [0, 0.05) is 18.0 Å². The van der Waals surface area contributed by atoms with Gasteiger partial charge >= 0.3 is 0 Å². The highest BCUT2D eigenvalue weighted by atomic mass is 35.5. The SMILES string of the molecule is Cl.Fc1ccc(CCCCN2CC=C(Sc3ccccc3)CC2)cc1. The summed E-state index contributed by atoms with van der Waals surface area (Å²) in [4.78, 5) is 5.35. The molecule has 0 aliphatic carbocycles.